The molecule has 1 fully saturated rings. The number of phenolic OH excluding ortho intramolecular Hbond substituents is 1. The summed E-state index contributed by atoms with van der Waals surface area (Å²) < 4.78 is 1.57. The van der Waals surface area contributed by atoms with E-state index in [0.717, 1.165) is 42.3 Å². The summed E-state index contributed by atoms with van der Waals surface area (Å²) in [6, 6.07) is 19.0. The van der Waals surface area contributed by atoms with Gasteiger partial charge in [-0.2, -0.15) is 0 Å². The fraction of sp³-hybridized carbons (Fsp3) is 0.333. The first-order valence-electron chi connectivity index (χ1n) is 13.2. The van der Waals surface area contributed by atoms with Crippen molar-refractivity contribution in [3.8, 4) is 5.75 Å². The van der Waals surface area contributed by atoms with Crippen LogP contribution in [0, 0.1) is 13.8 Å². The molecule has 0 aliphatic heterocycles. The lowest BCUT2D eigenvalue weighted by Crippen LogP contribution is -2.48. The standard InChI is InChI=1S/C30H33N5O3/c1-20-12-13-21(2)27(18-20)35(28(37)19-34-26-11-7-6-10-25(26)32-33-34)29(22-14-16-24(36)17-15-22)30(38)31-23-8-4-3-5-9-23/h6-7,10-18,23,29,36H,3-5,8-9,19H2,1-2H3,(H,31,38). The molecule has 0 radical (unpaired) electrons. The van der Waals surface area contributed by atoms with Crippen molar-refractivity contribution >= 4 is 28.5 Å². The van der Waals surface area contributed by atoms with Crippen molar-refractivity contribution < 1.29 is 14.7 Å². The second-order valence-electron chi connectivity index (χ2n) is 10.1. The maximum absolute atomic E-state index is 14.2. The van der Waals surface area contributed by atoms with Crippen LogP contribution in [0.25, 0.3) is 11.0 Å². The van der Waals surface area contributed by atoms with Crippen LogP contribution >= 0.6 is 0 Å². The number of hydrogen-bond donors (Lipinski definition) is 2. The molecule has 8 nitrogen and oxygen atoms in total. The minimum Gasteiger partial charge on any atom is -0.508 e. The van der Waals surface area contributed by atoms with Gasteiger partial charge in [0.1, 0.15) is 23.9 Å². The van der Waals surface area contributed by atoms with Crippen LogP contribution in [0.4, 0.5) is 5.69 Å². The van der Waals surface area contributed by atoms with Crippen LogP contribution in [0.1, 0.15) is 54.8 Å². The first-order valence-corrected chi connectivity index (χ1v) is 13.2. The van der Waals surface area contributed by atoms with Crippen LogP contribution in [-0.4, -0.2) is 38.0 Å². The maximum atomic E-state index is 14.2. The minimum absolute atomic E-state index is 0.0747. The van der Waals surface area contributed by atoms with E-state index in [4.69, 9.17) is 0 Å². The van der Waals surface area contributed by atoms with Gasteiger partial charge in [-0.3, -0.25) is 14.5 Å². The number of aromatic nitrogens is 3. The number of nitrogens with one attached hydrogen (secondary N) is 1. The van der Waals surface area contributed by atoms with E-state index in [1.807, 2.05) is 56.3 Å². The third-order valence-electron chi connectivity index (χ3n) is 7.27. The first kappa shape index (κ1) is 25.4. The van der Waals surface area contributed by atoms with Gasteiger partial charge < -0.3 is 10.4 Å². The number of hydrogen-bond acceptors (Lipinski definition) is 5. The Morgan fingerprint density at radius 1 is 1.03 bits per heavy atom. The molecule has 38 heavy (non-hydrogen) atoms. The average molecular weight is 512 g/mol. The number of carbonyl (C=O) groups is 2. The van der Waals surface area contributed by atoms with Gasteiger partial charge in [0, 0.05) is 11.7 Å². The number of phenols is 1. The topological polar surface area (TPSA) is 100 Å². The molecule has 1 aromatic heterocycles. The fourth-order valence-electron chi connectivity index (χ4n) is 5.24. The predicted octanol–water partition coefficient (Wildman–Crippen LogP) is 4.98. The zero-order valence-corrected chi connectivity index (χ0v) is 21.8. The second kappa shape index (κ2) is 11.0. The molecule has 1 aliphatic rings. The van der Waals surface area contributed by atoms with Crippen LogP contribution in [0.15, 0.2) is 66.7 Å². The van der Waals surface area contributed by atoms with Crippen molar-refractivity contribution in [2.45, 2.75) is 64.6 Å². The molecule has 2 amide bonds. The molecule has 3 aromatic carbocycles. The van der Waals surface area contributed by atoms with Crippen molar-refractivity contribution in [3.63, 3.8) is 0 Å². The third-order valence-corrected chi connectivity index (χ3v) is 7.27. The van der Waals surface area contributed by atoms with E-state index in [2.05, 4.69) is 15.6 Å². The van der Waals surface area contributed by atoms with Gasteiger partial charge in [0.2, 0.25) is 11.8 Å². The van der Waals surface area contributed by atoms with Crippen molar-refractivity contribution in [1.82, 2.24) is 20.3 Å². The Morgan fingerprint density at radius 3 is 2.53 bits per heavy atom. The fourth-order valence-corrected chi connectivity index (χ4v) is 5.24. The predicted molar refractivity (Wildman–Crippen MR) is 147 cm³/mol. The highest BCUT2D eigenvalue weighted by atomic mass is 16.3. The van der Waals surface area contributed by atoms with Gasteiger partial charge in [-0.25, -0.2) is 4.68 Å². The number of aromatic hydroxyl groups is 1. The lowest BCUT2D eigenvalue weighted by Gasteiger charge is -2.34. The van der Waals surface area contributed by atoms with Crippen LogP contribution in [0.3, 0.4) is 0 Å². The Bertz CT molecular complexity index is 1440. The molecule has 1 heterocycles. The van der Waals surface area contributed by atoms with Gasteiger partial charge in [0.05, 0.1) is 5.52 Å². The number of para-hydroxylation sites is 1. The van der Waals surface area contributed by atoms with E-state index >= 15 is 0 Å². The average Bonchev–Trinajstić information content (AvgIpc) is 3.32. The quantitative estimate of drug-likeness (QED) is 0.365. The lowest BCUT2D eigenvalue weighted by atomic mass is 9.94. The molecule has 0 spiro atoms. The molecular weight excluding hydrogens is 478 g/mol. The summed E-state index contributed by atoms with van der Waals surface area (Å²) >= 11 is 0. The molecule has 196 valence electrons. The molecule has 4 aromatic rings. The van der Waals surface area contributed by atoms with Crippen LogP contribution in [-0.2, 0) is 16.1 Å². The van der Waals surface area contributed by atoms with Gasteiger partial charge in [-0.05, 0) is 73.7 Å². The molecule has 5 rings (SSSR count). The van der Waals surface area contributed by atoms with Gasteiger partial charge >= 0.3 is 0 Å². The highest BCUT2D eigenvalue weighted by molar-refractivity contribution is 6.02. The van der Waals surface area contributed by atoms with Crippen molar-refractivity contribution in [2.75, 3.05) is 4.90 Å². The van der Waals surface area contributed by atoms with Crippen LogP contribution in [0.2, 0.25) is 0 Å². The highest BCUT2D eigenvalue weighted by Gasteiger charge is 2.35. The summed E-state index contributed by atoms with van der Waals surface area (Å²) in [5.41, 5.74) is 4.58. The van der Waals surface area contributed by atoms with Crippen molar-refractivity contribution in [1.29, 1.82) is 0 Å². The normalized spacial score (nSPS) is 14.8. The number of fused-ring (bicyclic) bond motifs is 1. The zero-order valence-electron chi connectivity index (χ0n) is 21.8. The number of amides is 2. The summed E-state index contributed by atoms with van der Waals surface area (Å²) in [5.74, 6) is -0.426. The highest BCUT2D eigenvalue weighted by Crippen LogP contribution is 2.33. The number of rotatable bonds is 7. The van der Waals surface area contributed by atoms with Crippen LogP contribution in [0.5, 0.6) is 5.75 Å². The van der Waals surface area contributed by atoms with Gasteiger partial charge in [-0.15, -0.1) is 5.10 Å². The van der Waals surface area contributed by atoms with Crippen molar-refractivity contribution in [2.24, 2.45) is 0 Å². The minimum atomic E-state index is -0.930. The Kier molecular flexibility index (Phi) is 7.40. The number of anilines is 1. The molecule has 8 heteroatoms. The van der Waals surface area contributed by atoms with Crippen molar-refractivity contribution in [3.05, 3.63) is 83.4 Å². The van der Waals surface area contributed by atoms with Crippen LogP contribution < -0.4 is 10.2 Å². The number of nitrogens with zero attached hydrogens (tertiary/aromatic N) is 4. The maximum Gasteiger partial charge on any atom is 0.249 e. The van der Waals surface area contributed by atoms with E-state index < -0.39 is 6.04 Å². The van der Waals surface area contributed by atoms with Gasteiger partial charge in [0.15, 0.2) is 0 Å². The van der Waals surface area contributed by atoms with E-state index in [1.54, 1.807) is 33.8 Å². The Hall–Kier alpha value is -4.20. The molecule has 1 unspecified atom stereocenters. The molecular formula is C30H33N5O3. The number of carbonyl (C=O) groups excluding carboxylic acids is 2. The summed E-state index contributed by atoms with van der Waals surface area (Å²) in [5, 5.41) is 21.6. The first-order chi connectivity index (χ1) is 18.4. The Balaban J connectivity index is 1.59. The Morgan fingerprint density at radius 2 is 1.76 bits per heavy atom. The SMILES string of the molecule is Cc1ccc(C)c(N(C(=O)Cn2nnc3ccccc32)C(C(=O)NC2CCCCC2)c2ccc(O)cc2)c1. The number of aryl methyl sites for hydroxylation is 2. The molecule has 1 aliphatic carbocycles. The molecule has 1 saturated carbocycles. The summed E-state index contributed by atoms with van der Waals surface area (Å²) in [6.07, 6.45) is 5.18. The van der Waals surface area contributed by atoms with Gasteiger partial charge in [0.25, 0.3) is 0 Å². The van der Waals surface area contributed by atoms with E-state index in [1.165, 1.54) is 6.42 Å². The number of benzene rings is 3. The zero-order chi connectivity index (χ0) is 26.6. The monoisotopic (exact) mass is 511 g/mol. The van der Waals surface area contributed by atoms with Gasteiger partial charge in [-0.1, -0.05) is 60.9 Å². The lowest BCUT2D eigenvalue weighted by molar-refractivity contribution is -0.127. The summed E-state index contributed by atoms with van der Waals surface area (Å²) in [4.78, 5) is 29.8. The molecule has 0 saturated heterocycles. The smallest absolute Gasteiger partial charge is 0.249 e. The molecule has 1 atom stereocenters. The largest absolute Gasteiger partial charge is 0.508 e. The summed E-state index contributed by atoms with van der Waals surface area (Å²) in [6.45, 7) is 3.82. The Labute approximate surface area is 222 Å². The molecule has 0 bridgehead atoms. The van der Waals surface area contributed by atoms with E-state index in [0.29, 0.717) is 16.8 Å². The second-order valence-corrected chi connectivity index (χ2v) is 10.1. The third kappa shape index (κ3) is 5.39. The summed E-state index contributed by atoms with van der Waals surface area (Å²) in [7, 11) is 0. The molecule has 2 N–H and O–H groups in total. The van der Waals surface area contributed by atoms with E-state index in [-0.39, 0.29) is 30.2 Å². The van der Waals surface area contributed by atoms with E-state index in [9.17, 15) is 14.7 Å².